The van der Waals surface area contributed by atoms with Gasteiger partial charge in [0.15, 0.2) is 0 Å². The number of methoxy groups -OCH3 is 2. The second-order valence-electron chi connectivity index (χ2n) is 4.63. The molecule has 0 aliphatic carbocycles. The van der Waals surface area contributed by atoms with Crippen LogP contribution in [-0.2, 0) is 0 Å². The minimum absolute atomic E-state index is 0.111. The first-order valence-corrected chi connectivity index (χ1v) is 7.06. The predicted octanol–water partition coefficient (Wildman–Crippen LogP) is 2.22. The number of ether oxygens (including phenoxy) is 3. The lowest BCUT2D eigenvalue weighted by Crippen LogP contribution is -2.28. The zero-order chi connectivity index (χ0) is 16.7. The molecule has 23 heavy (non-hydrogen) atoms. The minimum Gasteiger partial charge on any atom is -0.507 e. The highest BCUT2D eigenvalue weighted by Gasteiger charge is 2.16. The van der Waals surface area contributed by atoms with E-state index in [-0.39, 0.29) is 11.3 Å². The number of hydrogen-bond acceptors (Lipinski definition) is 5. The second kappa shape index (κ2) is 7.93. The molecular formula is C17H19NO5. The molecular weight excluding hydrogens is 298 g/mol. The second-order valence-corrected chi connectivity index (χ2v) is 4.63. The van der Waals surface area contributed by atoms with Crippen LogP contribution in [0.15, 0.2) is 42.5 Å². The van der Waals surface area contributed by atoms with Gasteiger partial charge in [0.1, 0.15) is 35.2 Å². The van der Waals surface area contributed by atoms with E-state index in [0.29, 0.717) is 24.7 Å². The Balaban J connectivity index is 1.85. The molecule has 0 fully saturated rings. The highest BCUT2D eigenvalue weighted by molar-refractivity contribution is 5.99. The van der Waals surface area contributed by atoms with Crippen LogP contribution < -0.4 is 19.5 Å². The smallest absolute Gasteiger partial charge is 0.258 e. The summed E-state index contributed by atoms with van der Waals surface area (Å²) in [4.78, 5) is 12.1. The third-order valence-corrected chi connectivity index (χ3v) is 3.17. The van der Waals surface area contributed by atoms with E-state index in [4.69, 9.17) is 14.2 Å². The number of hydrogen-bond donors (Lipinski definition) is 2. The number of phenolic OH excluding ortho intramolecular Hbond substituents is 1. The van der Waals surface area contributed by atoms with Crippen molar-refractivity contribution in [3.05, 3.63) is 48.0 Å². The van der Waals surface area contributed by atoms with Crippen LogP contribution in [-0.4, -0.2) is 38.4 Å². The first-order chi connectivity index (χ1) is 11.2. The summed E-state index contributed by atoms with van der Waals surface area (Å²) in [6.07, 6.45) is 0. The molecule has 0 aliphatic heterocycles. The number of carbonyl (C=O) groups excluding carboxylic acids is 1. The van der Waals surface area contributed by atoms with Gasteiger partial charge in [0.2, 0.25) is 0 Å². The lowest BCUT2D eigenvalue weighted by molar-refractivity contribution is 0.0941. The third kappa shape index (κ3) is 4.29. The number of carbonyl (C=O) groups is 1. The largest absolute Gasteiger partial charge is 0.507 e. The van der Waals surface area contributed by atoms with Gasteiger partial charge in [0.05, 0.1) is 20.8 Å². The van der Waals surface area contributed by atoms with Crippen molar-refractivity contribution in [1.29, 1.82) is 0 Å². The van der Waals surface area contributed by atoms with E-state index in [9.17, 15) is 9.90 Å². The summed E-state index contributed by atoms with van der Waals surface area (Å²) in [5.41, 5.74) is 0.111. The summed E-state index contributed by atoms with van der Waals surface area (Å²) in [6, 6.07) is 11.8. The maximum absolute atomic E-state index is 12.1. The van der Waals surface area contributed by atoms with Crippen LogP contribution in [0.1, 0.15) is 10.4 Å². The molecule has 2 aromatic carbocycles. The fourth-order valence-corrected chi connectivity index (χ4v) is 2.01. The molecule has 6 nitrogen and oxygen atoms in total. The van der Waals surface area contributed by atoms with Gasteiger partial charge >= 0.3 is 0 Å². The van der Waals surface area contributed by atoms with Crippen LogP contribution in [0.4, 0.5) is 0 Å². The maximum Gasteiger partial charge on any atom is 0.258 e. The van der Waals surface area contributed by atoms with Gasteiger partial charge in [-0.3, -0.25) is 4.79 Å². The van der Waals surface area contributed by atoms with Crippen molar-refractivity contribution >= 4 is 5.91 Å². The Kier molecular flexibility index (Phi) is 5.68. The molecule has 2 N–H and O–H groups in total. The molecule has 2 aromatic rings. The number of benzene rings is 2. The van der Waals surface area contributed by atoms with Gasteiger partial charge in [-0.2, -0.15) is 0 Å². The average molecular weight is 317 g/mol. The van der Waals surface area contributed by atoms with Crippen LogP contribution >= 0.6 is 0 Å². The van der Waals surface area contributed by atoms with Gasteiger partial charge in [0, 0.05) is 0 Å². The summed E-state index contributed by atoms with van der Waals surface area (Å²) in [5.74, 6) is 1.20. The fraction of sp³-hybridized carbons (Fsp3) is 0.235. The molecule has 0 spiro atoms. The van der Waals surface area contributed by atoms with E-state index in [1.54, 1.807) is 43.5 Å². The quantitative estimate of drug-likeness (QED) is 0.766. The Bertz CT molecular complexity index is 655. The minimum atomic E-state index is -0.418. The molecule has 0 atom stereocenters. The average Bonchev–Trinajstić information content (AvgIpc) is 2.58. The van der Waals surface area contributed by atoms with Crippen molar-refractivity contribution in [1.82, 2.24) is 5.32 Å². The van der Waals surface area contributed by atoms with E-state index in [0.717, 1.165) is 5.75 Å². The Morgan fingerprint density at radius 1 is 1.04 bits per heavy atom. The lowest BCUT2D eigenvalue weighted by Gasteiger charge is -2.11. The third-order valence-electron chi connectivity index (χ3n) is 3.17. The number of aromatic hydroxyl groups is 1. The van der Waals surface area contributed by atoms with E-state index in [2.05, 4.69) is 5.32 Å². The van der Waals surface area contributed by atoms with Crippen molar-refractivity contribution in [3.8, 4) is 23.0 Å². The van der Waals surface area contributed by atoms with Crippen molar-refractivity contribution in [2.24, 2.45) is 0 Å². The van der Waals surface area contributed by atoms with Gasteiger partial charge in [0.25, 0.3) is 5.91 Å². The van der Waals surface area contributed by atoms with Gasteiger partial charge in [-0.15, -0.1) is 0 Å². The molecule has 0 aromatic heterocycles. The molecule has 0 unspecified atom stereocenters. The Morgan fingerprint density at radius 3 is 2.39 bits per heavy atom. The Morgan fingerprint density at radius 2 is 1.74 bits per heavy atom. The maximum atomic E-state index is 12.1. The van der Waals surface area contributed by atoms with Crippen LogP contribution in [0.25, 0.3) is 0 Å². The van der Waals surface area contributed by atoms with E-state index in [1.807, 2.05) is 0 Å². The molecule has 122 valence electrons. The number of nitrogens with one attached hydrogen (secondary N) is 1. The molecule has 0 heterocycles. The van der Waals surface area contributed by atoms with E-state index >= 15 is 0 Å². The summed E-state index contributed by atoms with van der Waals surface area (Å²) in [5, 5.41) is 12.5. The number of phenols is 1. The zero-order valence-electron chi connectivity index (χ0n) is 13.0. The highest BCUT2D eigenvalue weighted by Crippen LogP contribution is 2.26. The number of amides is 1. The predicted molar refractivity (Wildman–Crippen MR) is 85.5 cm³/mol. The van der Waals surface area contributed by atoms with Crippen molar-refractivity contribution < 1.29 is 24.1 Å². The molecule has 1 amide bonds. The topological polar surface area (TPSA) is 77.0 Å². The van der Waals surface area contributed by atoms with Gasteiger partial charge in [-0.25, -0.2) is 0 Å². The summed E-state index contributed by atoms with van der Waals surface area (Å²) in [7, 11) is 3.04. The molecule has 2 rings (SSSR count). The molecule has 0 saturated heterocycles. The summed E-state index contributed by atoms with van der Waals surface area (Å²) in [6.45, 7) is 0.594. The van der Waals surface area contributed by atoms with Crippen molar-refractivity contribution in [3.63, 3.8) is 0 Å². The van der Waals surface area contributed by atoms with Crippen molar-refractivity contribution in [2.45, 2.75) is 0 Å². The van der Waals surface area contributed by atoms with Gasteiger partial charge < -0.3 is 24.6 Å². The van der Waals surface area contributed by atoms with Gasteiger partial charge in [-0.05, 0) is 36.4 Å². The van der Waals surface area contributed by atoms with E-state index < -0.39 is 5.91 Å². The SMILES string of the molecule is COc1ccc(OCCNC(=O)c2c(O)cccc2OC)cc1. The molecule has 0 aliphatic rings. The van der Waals surface area contributed by atoms with Crippen LogP contribution in [0.5, 0.6) is 23.0 Å². The monoisotopic (exact) mass is 317 g/mol. The standard InChI is InChI=1S/C17H19NO5/c1-21-12-6-8-13(9-7-12)23-11-10-18-17(20)16-14(19)4-3-5-15(16)22-2/h3-9,19H,10-11H2,1-2H3,(H,18,20). The Hall–Kier alpha value is -2.89. The lowest BCUT2D eigenvalue weighted by atomic mass is 10.1. The van der Waals surface area contributed by atoms with Crippen molar-refractivity contribution in [2.75, 3.05) is 27.4 Å². The van der Waals surface area contributed by atoms with Crippen LogP contribution in [0.3, 0.4) is 0 Å². The number of rotatable bonds is 7. The summed E-state index contributed by atoms with van der Waals surface area (Å²) < 4.78 is 15.7. The summed E-state index contributed by atoms with van der Waals surface area (Å²) >= 11 is 0. The van der Waals surface area contributed by atoms with E-state index in [1.165, 1.54) is 13.2 Å². The fourth-order valence-electron chi connectivity index (χ4n) is 2.01. The first-order valence-electron chi connectivity index (χ1n) is 7.06. The first kappa shape index (κ1) is 16.5. The molecule has 6 heteroatoms. The normalized spacial score (nSPS) is 10.0. The zero-order valence-corrected chi connectivity index (χ0v) is 13.0. The highest BCUT2D eigenvalue weighted by atomic mass is 16.5. The molecule has 0 radical (unpaired) electrons. The van der Waals surface area contributed by atoms with Crippen LogP contribution in [0.2, 0.25) is 0 Å². The Labute approximate surface area is 134 Å². The molecule has 0 bridgehead atoms. The van der Waals surface area contributed by atoms with Crippen LogP contribution in [0, 0.1) is 0 Å². The molecule has 0 saturated carbocycles. The van der Waals surface area contributed by atoms with Gasteiger partial charge in [-0.1, -0.05) is 6.07 Å².